The van der Waals surface area contributed by atoms with Crippen molar-refractivity contribution < 1.29 is 14.7 Å². The van der Waals surface area contributed by atoms with Crippen LogP contribution in [-0.2, 0) is 4.79 Å². The van der Waals surface area contributed by atoms with Gasteiger partial charge in [0.2, 0.25) is 0 Å². The Kier molecular flexibility index (Phi) is 6.16. The fourth-order valence-electron chi connectivity index (χ4n) is 1.70. The average molecular weight is 343 g/mol. The van der Waals surface area contributed by atoms with Crippen LogP contribution in [0, 0.1) is 6.92 Å². The van der Waals surface area contributed by atoms with Crippen molar-refractivity contribution in [2.45, 2.75) is 6.92 Å². The maximum absolute atomic E-state index is 12.4. The highest BCUT2D eigenvalue weighted by atomic mass is 79.9. The summed E-state index contributed by atoms with van der Waals surface area (Å²) in [6.45, 7) is 2.62. The van der Waals surface area contributed by atoms with Crippen LogP contribution in [0.15, 0.2) is 22.7 Å². The first kappa shape index (κ1) is 16.7. The lowest BCUT2D eigenvalue weighted by Gasteiger charge is -2.23. The second kappa shape index (κ2) is 7.40. The van der Waals surface area contributed by atoms with Crippen molar-refractivity contribution in [3.8, 4) is 0 Å². The first-order chi connectivity index (χ1) is 9.31. The number of aliphatic carboxylic acids is 1. The molecule has 0 aliphatic rings. The number of nitrogens with zero attached hydrogens (tertiary/aromatic N) is 2. The van der Waals surface area contributed by atoms with Crippen LogP contribution < -0.4 is 0 Å². The van der Waals surface area contributed by atoms with Crippen LogP contribution >= 0.6 is 15.9 Å². The molecule has 1 amide bonds. The molecular weight excluding hydrogens is 324 g/mol. The highest BCUT2D eigenvalue weighted by Crippen LogP contribution is 2.20. The van der Waals surface area contributed by atoms with Gasteiger partial charge in [0.25, 0.3) is 5.91 Å². The molecule has 1 rings (SSSR count). The first-order valence-electron chi connectivity index (χ1n) is 6.23. The van der Waals surface area contributed by atoms with Crippen LogP contribution in [0.3, 0.4) is 0 Å². The Bertz CT molecular complexity index is 503. The smallest absolute Gasteiger partial charge is 0.323 e. The summed E-state index contributed by atoms with van der Waals surface area (Å²) >= 11 is 3.36. The van der Waals surface area contributed by atoms with Crippen LogP contribution in [0.1, 0.15) is 15.9 Å². The molecule has 0 aliphatic carbocycles. The van der Waals surface area contributed by atoms with E-state index in [-0.39, 0.29) is 12.5 Å². The zero-order valence-electron chi connectivity index (χ0n) is 11.9. The minimum absolute atomic E-state index is 0.277. The van der Waals surface area contributed by atoms with E-state index in [0.29, 0.717) is 23.1 Å². The molecule has 20 heavy (non-hydrogen) atoms. The van der Waals surface area contributed by atoms with Crippen molar-refractivity contribution in [2.75, 3.05) is 33.7 Å². The first-order valence-corrected chi connectivity index (χ1v) is 7.02. The summed E-state index contributed by atoms with van der Waals surface area (Å²) in [4.78, 5) is 26.6. The monoisotopic (exact) mass is 342 g/mol. The van der Waals surface area contributed by atoms with Crippen molar-refractivity contribution in [3.63, 3.8) is 0 Å². The maximum atomic E-state index is 12.4. The third-order valence-corrected chi connectivity index (χ3v) is 3.44. The van der Waals surface area contributed by atoms with Crippen molar-refractivity contribution >= 4 is 27.8 Å². The van der Waals surface area contributed by atoms with Gasteiger partial charge in [-0.2, -0.15) is 0 Å². The van der Waals surface area contributed by atoms with E-state index in [0.717, 1.165) is 5.56 Å². The molecule has 0 fully saturated rings. The molecule has 0 aliphatic heterocycles. The third kappa shape index (κ3) is 4.94. The number of amides is 1. The summed E-state index contributed by atoms with van der Waals surface area (Å²) in [5, 5.41) is 8.94. The fraction of sp³-hybridized carbons (Fsp3) is 0.429. The van der Waals surface area contributed by atoms with E-state index in [1.54, 1.807) is 6.07 Å². The molecule has 1 aromatic rings. The predicted molar refractivity (Wildman–Crippen MR) is 81.0 cm³/mol. The van der Waals surface area contributed by atoms with E-state index < -0.39 is 5.97 Å². The quantitative estimate of drug-likeness (QED) is 0.856. The SMILES string of the molecule is Cc1ccc(C(=O)N(CCN(C)C)CC(=O)O)c(Br)c1. The standard InChI is InChI=1S/C14H19BrN2O3/c1-10-4-5-11(12(15)8-10)14(20)17(9-13(18)19)7-6-16(2)3/h4-5,8H,6-7,9H2,1-3H3,(H,18,19). The summed E-state index contributed by atoms with van der Waals surface area (Å²) in [5.41, 5.74) is 1.52. The molecule has 0 bridgehead atoms. The highest BCUT2D eigenvalue weighted by Gasteiger charge is 2.20. The number of carboxylic acid groups (broad SMARTS) is 1. The van der Waals surface area contributed by atoms with Crippen LogP contribution in [0.25, 0.3) is 0 Å². The number of likely N-dealkylation sites (N-methyl/N-ethyl adjacent to an activating group) is 1. The third-order valence-electron chi connectivity index (χ3n) is 2.79. The van der Waals surface area contributed by atoms with Gasteiger partial charge in [-0.05, 0) is 54.6 Å². The van der Waals surface area contributed by atoms with Gasteiger partial charge in [-0.3, -0.25) is 9.59 Å². The largest absolute Gasteiger partial charge is 0.480 e. The lowest BCUT2D eigenvalue weighted by atomic mass is 10.1. The number of carboxylic acids is 1. The lowest BCUT2D eigenvalue weighted by Crippen LogP contribution is -2.40. The zero-order valence-corrected chi connectivity index (χ0v) is 13.5. The van der Waals surface area contributed by atoms with Gasteiger partial charge in [-0.25, -0.2) is 0 Å². The molecule has 0 unspecified atom stereocenters. The van der Waals surface area contributed by atoms with Crippen LogP contribution in [0.2, 0.25) is 0 Å². The summed E-state index contributed by atoms with van der Waals surface area (Å²) in [6, 6.07) is 5.40. The Hall–Kier alpha value is -1.40. The molecule has 0 aromatic heterocycles. The van der Waals surface area contributed by atoms with Crippen LogP contribution in [-0.4, -0.2) is 60.5 Å². The average Bonchev–Trinajstić information content (AvgIpc) is 2.33. The molecule has 0 heterocycles. The summed E-state index contributed by atoms with van der Waals surface area (Å²) in [6.07, 6.45) is 0. The van der Waals surface area contributed by atoms with Gasteiger partial charge in [0, 0.05) is 17.6 Å². The van der Waals surface area contributed by atoms with E-state index in [9.17, 15) is 9.59 Å². The second-order valence-corrected chi connectivity index (χ2v) is 5.76. The Morgan fingerprint density at radius 3 is 2.40 bits per heavy atom. The molecule has 0 atom stereocenters. The number of rotatable bonds is 6. The predicted octanol–water partition coefficient (Wildman–Crippen LogP) is 1.85. The minimum Gasteiger partial charge on any atom is -0.480 e. The van der Waals surface area contributed by atoms with Gasteiger partial charge in [-0.1, -0.05) is 6.07 Å². The van der Waals surface area contributed by atoms with Gasteiger partial charge in [0.15, 0.2) is 0 Å². The van der Waals surface area contributed by atoms with Gasteiger partial charge < -0.3 is 14.9 Å². The van der Waals surface area contributed by atoms with Crippen molar-refractivity contribution in [3.05, 3.63) is 33.8 Å². The molecule has 5 nitrogen and oxygen atoms in total. The van der Waals surface area contributed by atoms with Crippen molar-refractivity contribution in [1.82, 2.24) is 9.80 Å². The highest BCUT2D eigenvalue weighted by molar-refractivity contribution is 9.10. The number of carbonyl (C=O) groups is 2. The van der Waals surface area contributed by atoms with Crippen LogP contribution in [0.4, 0.5) is 0 Å². The van der Waals surface area contributed by atoms with Gasteiger partial charge in [0.1, 0.15) is 6.54 Å². The number of benzene rings is 1. The minimum atomic E-state index is -1.01. The van der Waals surface area contributed by atoms with E-state index in [2.05, 4.69) is 15.9 Å². The van der Waals surface area contributed by atoms with E-state index in [1.807, 2.05) is 38.1 Å². The normalized spacial score (nSPS) is 10.7. The number of aryl methyl sites for hydroxylation is 1. The molecule has 110 valence electrons. The molecule has 1 aromatic carbocycles. The van der Waals surface area contributed by atoms with Gasteiger partial charge in [0.05, 0.1) is 5.56 Å². The molecule has 6 heteroatoms. The summed E-state index contributed by atoms with van der Waals surface area (Å²) in [7, 11) is 3.76. The zero-order chi connectivity index (χ0) is 15.3. The molecule has 0 radical (unpaired) electrons. The molecule has 0 saturated heterocycles. The number of carbonyl (C=O) groups excluding carboxylic acids is 1. The second-order valence-electron chi connectivity index (χ2n) is 4.91. The molecular formula is C14H19BrN2O3. The van der Waals surface area contributed by atoms with E-state index in [1.165, 1.54) is 4.90 Å². The maximum Gasteiger partial charge on any atom is 0.323 e. The molecule has 1 N–H and O–H groups in total. The summed E-state index contributed by atoms with van der Waals surface area (Å²) < 4.78 is 0.683. The van der Waals surface area contributed by atoms with Crippen molar-refractivity contribution in [1.29, 1.82) is 0 Å². The fourth-order valence-corrected chi connectivity index (χ4v) is 2.36. The van der Waals surface area contributed by atoms with Gasteiger partial charge in [-0.15, -0.1) is 0 Å². The number of halogens is 1. The summed E-state index contributed by atoms with van der Waals surface area (Å²) in [5.74, 6) is -1.29. The number of hydrogen-bond donors (Lipinski definition) is 1. The van der Waals surface area contributed by atoms with E-state index >= 15 is 0 Å². The molecule has 0 spiro atoms. The van der Waals surface area contributed by atoms with E-state index in [4.69, 9.17) is 5.11 Å². The Morgan fingerprint density at radius 1 is 1.25 bits per heavy atom. The Labute approximate surface area is 127 Å². The van der Waals surface area contributed by atoms with Crippen molar-refractivity contribution in [2.24, 2.45) is 0 Å². The number of hydrogen-bond acceptors (Lipinski definition) is 3. The lowest BCUT2D eigenvalue weighted by molar-refractivity contribution is -0.137. The van der Waals surface area contributed by atoms with Crippen LogP contribution in [0.5, 0.6) is 0 Å². The molecule has 0 saturated carbocycles. The topological polar surface area (TPSA) is 60.9 Å². The Balaban J connectivity index is 2.93. The van der Waals surface area contributed by atoms with Gasteiger partial charge >= 0.3 is 5.97 Å². The Morgan fingerprint density at radius 2 is 1.90 bits per heavy atom.